The summed E-state index contributed by atoms with van der Waals surface area (Å²) in [5.41, 5.74) is 19.1. The van der Waals surface area contributed by atoms with Crippen molar-refractivity contribution in [3.63, 3.8) is 0 Å². The molecule has 2 aromatic heterocycles. The van der Waals surface area contributed by atoms with Crippen LogP contribution in [0.3, 0.4) is 0 Å². The van der Waals surface area contributed by atoms with E-state index in [1.165, 1.54) is 16.7 Å². The summed E-state index contributed by atoms with van der Waals surface area (Å²) in [6, 6.07) is 17.4. The highest BCUT2D eigenvalue weighted by atomic mass is 15.1. The standard InChI is InChI=1S/C21H25N5.C8H10/c1-3-4-15-5-6-16(7-13(15)2)18-11-26(17-8-14(9-17)10-22)21-19(18)20(23)24-12-25-21;1-2-8-6-4-3-5-7-8/h3-7,11-12,14,17H,8-10,22H2,1-2H3,(H2,23,24,25);3-7H,2H2,1H3/b4-3-;. The maximum absolute atomic E-state index is 6.24. The highest BCUT2D eigenvalue weighted by molar-refractivity contribution is 6.00. The molecule has 0 unspecified atom stereocenters. The van der Waals surface area contributed by atoms with E-state index in [0.29, 0.717) is 17.8 Å². The zero-order valence-electron chi connectivity index (χ0n) is 20.4. The maximum Gasteiger partial charge on any atom is 0.146 e. The van der Waals surface area contributed by atoms with Gasteiger partial charge in [0.25, 0.3) is 0 Å². The predicted octanol–water partition coefficient (Wildman–Crippen LogP) is 6.18. The van der Waals surface area contributed by atoms with Crippen LogP contribution in [-0.4, -0.2) is 21.1 Å². The second-order valence-corrected chi connectivity index (χ2v) is 9.05. The van der Waals surface area contributed by atoms with Crippen LogP contribution in [0, 0.1) is 12.8 Å². The molecular weight excluding hydrogens is 418 g/mol. The first-order chi connectivity index (χ1) is 16.5. The second-order valence-electron chi connectivity index (χ2n) is 9.05. The summed E-state index contributed by atoms with van der Waals surface area (Å²) in [6.07, 6.45) is 11.3. The van der Waals surface area contributed by atoms with Gasteiger partial charge in [-0.1, -0.05) is 67.6 Å². The quantitative estimate of drug-likeness (QED) is 0.378. The average Bonchev–Trinajstić information content (AvgIpc) is 3.21. The van der Waals surface area contributed by atoms with Crippen molar-refractivity contribution in [2.45, 2.75) is 46.1 Å². The molecule has 5 nitrogen and oxygen atoms in total. The van der Waals surface area contributed by atoms with Gasteiger partial charge in [-0.05, 0) is 67.8 Å². The van der Waals surface area contributed by atoms with Crippen LogP contribution in [0.1, 0.15) is 49.4 Å². The summed E-state index contributed by atoms with van der Waals surface area (Å²) < 4.78 is 2.27. The largest absolute Gasteiger partial charge is 0.383 e. The van der Waals surface area contributed by atoms with Gasteiger partial charge in [0.2, 0.25) is 0 Å². The smallest absolute Gasteiger partial charge is 0.146 e. The van der Waals surface area contributed by atoms with E-state index < -0.39 is 0 Å². The van der Waals surface area contributed by atoms with E-state index in [9.17, 15) is 0 Å². The number of anilines is 1. The molecule has 1 fully saturated rings. The molecule has 5 rings (SSSR count). The molecule has 0 atom stereocenters. The van der Waals surface area contributed by atoms with Crippen molar-refractivity contribution in [2.75, 3.05) is 12.3 Å². The molecule has 176 valence electrons. The summed E-state index contributed by atoms with van der Waals surface area (Å²) >= 11 is 0. The van der Waals surface area contributed by atoms with Gasteiger partial charge in [0.15, 0.2) is 0 Å². The van der Waals surface area contributed by atoms with Crippen LogP contribution in [0.25, 0.3) is 28.2 Å². The Hall–Kier alpha value is -3.44. The Balaban J connectivity index is 0.000000291. The number of benzene rings is 2. The van der Waals surface area contributed by atoms with Crippen molar-refractivity contribution in [1.29, 1.82) is 0 Å². The fourth-order valence-electron chi connectivity index (χ4n) is 4.65. The number of fused-ring (bicyclic) bond motifs is 1. The topological polar surface area (TPSA) is 82.8 Å². The number of nitrogens with zero attached hydrogens (tertiary/aromatic N) is 3. The summed E-state index contributed by atoms with van der Waals surface area (Å²) in [5.74, 6) is 1.15. The Morgan fingerprint density at radius 1 is 1.09 bits per heavy atom. The van der Waals surface area contributed by atoms with Crippen LogP contribution in [0.2, 0.25) is 0 Å². The van der Waals surface area contributed by atoms with Gasteiger partial charge in [-0.3, -0.25) is 0 Å². The lowest BCUT2D eigenvalue weighted by atomic mass is 9.80. The third-order valence-corrected chi connectivity index (χ3v) is 6.75. The Morgan fingerprint density at radius 2 is 1.85 bits per heavy atom. The number of rotatable bonds is 5. The number of hydrogen-bond donors (Lipinski definition) is 2. The fraction of sp³-hybridized carbons (Fsp3) is 0.310. The lowest BCUT2D eigenvalue weighted by Crippen LogP contribution is -2.31. The lowest BCUT2D eigenvalue weighted by Gasteiger charge is -2.35. The number of aryl methyl sites for hydroxylation is 2. The molecule has 2 heterocycles. The third-order valence-electron chi connectivity index (χ3n) is 6.75. The molecule has 5 heteroatoms. The number of hydrogen-bond acceptors (Lipinski definition) is 4. The molecule has 0 amide bonds. The number of nitrogens with two attached hydrogens (primary N) is 2. The van der Waals surface area contributed by atoms with Gasteiger partial charge < -0.3 is 16.0 Å². The van der Waals surface area contributed by atoms with Crippen LogP contribution in [-0.2, 0) is 6.42 Å². The SMILES string of the molecule is C/C=C\c1ccc(-c2cn(C3CC(CN)C3)c3ncnc(N)c23)cc1C.CCc1ccccc1. The molecule has 1 aliphatic carbocycles. The van der Waals surface area contributed by atoms with Gasteiger partial charge in [0, 0.05) is 17.8 Å². The van der Waals surface area contributed by atoms with Gasteiger partial charge >= 0.3 is 0 Å². The molecule has 1 aliphatic rings. The second kappa shape index (κ2) is 10.7. The van der Waals surface area contributed by atoms with E-state index in [1.807, 2.05) is 13.0 Å². The van der Waals surface area contributed by atoms with Crippen LogP contribution >= 0.6 is 0 Å². The van der Waals surface area contributed by atoms with Crippen LogP contribution < -0.4 is 11.5 Å². The normalized spacial score (nSPS) is 17.4. The van der Waals surface area contributed by atoms with Gasteiger partial charge in [0.1, 0.15) is 17.8 Å². The number of aromatic nitrogens is 3. The van der Waals surface area contributed by atoms with E-state index in [0.717, 1.165) is 48.0 Å². The van der Waals surface area contributed by atoms with Crippen molar-refractivity contribution in [1.82, 2.24) is 14.5 Å². The minimum absolute atomic E-state index is 0.442. The number of nitrogen functional groups attached to an aromatic ring is 1. The van der Waals surface area contributed by atoms with Gasteiger partial charge in [-0.25, -0.2) is 9.97 Å². The highest BCUT2D eigenvalue weighted by Crippen LogP contribution is 2.42. The highest BCUT2D eigenvalue weighted by Gasteiger charge is 2.31. The van der Waals surface area contributed by atoms with E-state index in [1.54, 1.807) is 6.33 Å². The van der Waals surface area contributed by atoms with Crippen LogP contribution in [0.15, 0.2) is 67.1 Å². The third kappa shape index (κ3) is 4.90. The molecule has 1 saturated carbocycles. The average molecular weight is 454 g/mol. The summed E-state index contributed by atoms with van der Waals surface area (Å²) in [7, 11) is 0. The fourth-order valence-corrected chi connectivity index (χ4v) is 4.65. The Kier molecular flexibility index (Phi) is 7.43. The molecule has 4 N–H and O–H groups in total. The summed E-state index contributed by atoms with van der Waals surface area (Å²) in [5, 5.41) is 0.946. The Labute approximate surface area is 202 Å². The van der Waals surface area contributed by atoms with Crippen LogP contribution in [0.5, 0.6) is 0 Å². The molecule has 2 aromatic carbocycles. The molecular formula is C29H35N5. The first kappa shape index (κ1) is 23.7. The summed E-state index contributed by atoms with van der Waals surface area (Å²) in [6.45, 7) is 7.09. The van der Waals surface area contributed by atoms with Crippen molar-refractivity contribution < 1.29 is 0 Å². The first-order valence-corrected chi connectivity index (χ1v) is 12.1. The van der Waals surface area contributed by atoms with Crippen molar-refractivity contribution in [3.8, 4) is 11.1 Å². The summed E-state index contributed by atoms with van der Waals surface area (Å²) in [4.78, 5) is 8.77. The van der Waals surface area contributed by atoms with E-state index >= 15 is 0 Å². The minimum Gasteiger partial charge on any atom is -0.383 e. The maximum atomic E-state index is 6.24. The molecule has 34 heavy (non-hydrogen) atoms. The lowest BCUT2D eigenvalue weighted by molar-refractivity contribution is 0.209. The molecule has 0 spiro atoms. The minimum atomic E-state index is 0.442. The van der Waals surface area contributed by atoms with Crippen molar-refractivity contribution in [2.24, 2.45) is 11.7 Å². The molecule has 4 aromatic rings. The molecule has 0 radical (unpaired) electrons. The van der Waals surface area contributed by atoms with Gasteiger partial charge in [-0.2, -0.15) is 0 Å². The van der Waals surface area contributed by atoms with E-state index in [4.69, 9.17) is 11.5 Å². The van der Waals surface area contributed by atoms with Crippen molar-refractivity contribution in [3.05, 3.63) is 83.8 Å². The van der Waals surface area contributed by atoms with Crippen molar-refractivity contribution >= 4 is 22.9 Å². The first-order valence-electron chi connectivity index (χ1n) is 12.1. The monoisotopic (exact) mass is 453 g/mol. The predicted molar refractivity (Wildman–Crippen MR) is 143 cm³/mol. The Morgan fingerprint density at radius 3 is 2.47 bits per heavy atom. The zero-order valence-corrected chi connectivity index (χ0v) is 20.4. The van der Waals surface area contributed by atoms with Gasteiger partial charge in [-0.15, -0.1) is 0 Å². The zero-order chi connectivity index (χ0) is 24.1. The van der Waals surface area contributed by atoms with E-state index in [2.05, 4.69) is 89.2 Å². The van der Waals surface area contributed by atoms with E-state index in [-0.39, 0.29) is 0 Å². The number of allylic oxidation sites excluding steroid dienone is 1. The van der Waals surface area contributed by atoms with Crippen LogP contribution in [0.4, 0.5) is 5.82 Å². The molecule has 0 aliphatic heterocycles. The Bertz CT molecular complexity index is 1270. The van der Waals surface area contributed by atoms with Gasteiger partial charge in [0.05, 0.1) is 5.39 Å². The molecule has 0 bridgehead atoms. The molecule has 0 saturated heterocycles.